The number of benzene rings is 1. The monoisotopic (exact) mass is 243 g/mol. The van der Waals surface area contributed by atoms with Gasteiger partial charge in [-0.2, -0.15) is 0 Å². The summed E-state index contributed by atoms with van der Waals surface area (Å²) in [6.45, 7) is 1.29. The fourth-order valence-electron chi connectivity index (χ4n) is 2.86. The second-order valence-electron chi connectivity index (χ2n) is 5.61. The Kier molecular flexibility index (Phi) is 3.23. The van der Waals surface area contributed by atoms with Gasteiger partial charge >= 0.3 is 0 Å². The van der Waals surface area contributed by atoms with Crippen LogP contribution in [0.15, 0.2) is 30.3 Å². The van der Waals surface area contributed by atoms with Crippen LogP contribution in [0.2, 0.25) is 0 Å². The quantitative estimate of drug-likeness (QED) is 0.882. The van der Waals surface area contributed by atoms with Gasteiger partial charge < -0.3 is 5.11 Å². The normalized spacial score (nSPS) is 25.0. The highest BCUT2D eigenvalue weighted by Crippen LogP contribution is 2.39. The van der Waals surface area contributed by atoms with Crippen molar-refractivity contribution in [3.8, 4) is 0 Å². The summed E-state index contributed by atoms with van der Waals surface area (Å²) in [5.74, 6) is 0.891. The Balaban J connectivity index is 1.83. The van der Waals surface area contributed by atoms with E-state index in [1.54, 1.807) is 0 Å². The molecule has 0 saturated heterocycles. The first kappa shape index (κ1) is 11.9. The zero-order valence-corrected chi connectivity index (χ0v) is 11.0. The number of rotatable bonds is 3. The van der Waals surface area contributed by atoms with Gasteiger partial charge in [0, 0.05) is 12.6 Å². The average molecular weight is 243 g/mol. The van der Waals surface area contributed by atoms with Crippen molar-refractivity contribution in [3.63, 3.8) is 0 Å². The molecule has 1 N–H and O–H groups in total. The van der Waals surface area contributed by atoms with E-state index in [1.807, 2.05) is 12.1 Å². The Morgan fingerprint density at radius 3 is 2.56 bits per heavy atom. The first-order valence-electron chi connectivity index (χ1n) is 6.89. The molecular weight excluding hydrogens is 222 g/mol. The molecule has 0 spiro atoms. The van der Waals surface area contributed by atoms with Gasteiger partial charge in [-0.3, -0.25) is 4.90 Å². The summed E-state index contributed by atoms with van der Waals surface area (Å²) in [6.07, 6.45) is 6.39. The molecule has 1 atom stereocenters. The Hall–Kier alpha value is -1.12. The minimum atomic E-state index is 0.132. The fraction of sp³-hybridized carbons (Fsp3) is 0.500. The third-order valence-electron chi connectivity index (χ3n) is 4.23. The number of hydrogen-bond donors (Lipinski definition) is 1. The van der Waals surface area contributed by atoms with Crippen molar-refractivity contribution in [1.29, 1.82) is 0 Å². The third kappa shape index (κ3) is 2.36. The topological polar surface area (TPSA) is 23.5 Å². The van der Waals surface area contributed by atoms with Crippen LogP contribution in [-0.2, 0) is 6.61 Å². The van der Waals surface area contributed by atoms with Crippen molar-refractivity contribution < 1.29 is 5.11 Å². The van der Waals surface area contributed by atoms with E-state index in [0.29, 0.717) is 6.04 Å². The predicted molar refractivity (Wildman–Crippen MR) is 74.1 cm³/mol. The van der Waals surface area contributed by atoms with E-state index in [-0.39, 0.29) is 6.61 Å². The van der Waals surface area contributed by atoms with Crippen molar-refractivity contribution in [2.24, 2.45) is 5.92 Å². The van der Waals surface area contributed by atoms with Crippen LogP contribution in [0.5, 0.6) is 0 Å². The summed E-state index contributed by atoms with van der Waals surface area (Å²) in [6, 6.07) is 8.99. The van der Waals surface area contributed by atoms with Gasteiger partial charge in [-0.05, 0) is 48.9 Å². The molecule has 2 aliphatic rings. The highest BCUT2D eigenvalue weighted by molar-refractivity contribution is 5.67. The maximum Gasteiger partial charge on any atom is 0.0681 e. The molecule has 3 rings (SSSR count). The highest BCUT2D eigenvalue weighted by atomic mass is 16.3. The molecule has 1 saturated carbocycles. The summed E-state index contributed by atoms with van der Waals surface area (Å²) < 4.78 is 0. The molecule has 1 aliphatic heterocycles. The van der Waals surface area contributed by atoms with E-state index in [9.17, 15) is 0 Å². The third-order valence-corrected chi connectivity index (χ3v) is 4.23. The van der Waals surface area contributed by atoms with Gasteiger partial charge in [0.2, 0.25) is 0 Å². The predicted octanol–water partition coefficient (Wildman–Crippen LogP) is 2.68. The first-order valence-corrected chi connectivity index (χ1v) is 6.89. The van der Waals surface area contributed by atoms with Crippen LogP contribution in [-0.4, -0.2) is 29.6 Å². The lowest BCUT2D eigenvalue weighted by molar-refractivity contribution is 0.256. The standard InChI is InChI=1S/C16H21NO/c1-17-9-8-15(10-16(17)14-6-7-14)13-4-2-12(11-18)3-5-13/h2-5,10,14,16,18H,6-9,11H2,1H3. The smallest absolute Gasteiger partial charge is 0.0681 e. The van der Waals surface area contributed by atoms with E-state index >= 15 is 0 Å². The van der Waals surface area contributed by atoms with Gasteiger partial charge in [0.25, 0.3) is 0 Å². The van der Waals surface area contributed by atoms with Crippen molar-refractivity contribution in [3.05, 3.63) is 41.5 Å². The number of likely N-dealkylation sites (N-methyl/N-ethyl adjacent to an activating group) is 1. The van der Waals surface area contributed by atoms with Crippen LogP contribution in [0.25, 0.3) is 5.57 Å². The summed E-state index contributed by atoms with van der Waals surface area (Å²) in [7, 11) is 2.24. The van der Waals surface area contributed by atoms with Crippen molar-refractivity contribution >= 4 is 5.57 Å². The fourth-order valence-corrected chi connectivity index (χ4v) is 2.86. The van der Waals surface area contributed by atoms with Crippen LogP contribution in [0.1, 0.15) is 30.4 Å². The minimum absolute atomic E-state index is 0.132. The number of nitrogens with zero attached hydrogens (tertiary/aromatic N) is 1. The lowest BCUT2D eigenvalue weighted by Gasteiger charge is -2.31. The van der Waals surface area contributed by atoms with E-state index in [4.69, 9.17) is 5.11 Å². The van der Waals surface area contributed by atoms with Crippen molar-refractivity contribution in [2.45, 2.75) is 31.9 Å². The zero-order chi connectivity index (χ0) is 12.5. The number of aliphatic hydroxyl groups is 1. The lowest BCUT2D eigenvalue weighted by Crippen LogP contribution is -2.35. The molecule has 96 valence electrons. The van der Waals surface area contributed by atoms with Crippen LogP contribution >= 0.6 is 0 Å². The average Bonchev–Trinajstić information content (AvgIpc) is 3.24. The molecule has 1 aromatic carbocycles. The zero-order valence-electron chi connectivity index (χ0n) is 11.0. The molecule has 18 heavy (non-hydrogen) atoms. The Labute approximate surface area is 109 Å². The van der Waals surface area contributed by atoms with Crippen molar-refractivity contribution in [2.75, 3.05) is 13.6 Å². The van der Waals surface area contributed by atoms with Gasteiger partial charge in [0.1, 0.15) is 0 Å². The molecule has 0 aromatic heterocycles. The SMILES string of the molecule is CN1CCC(c2ccc(CO)cc2)=CC1C1CC1. The van der Waals surface area contributed by atoms with Crippen molar-refractivity contribution in [1.82, 2.24) is 4.90 Å². The lowest BCUT2D eigenvalue weighted by atomic mass is 9.94. The molecule has 0 amide bonds. The summed E-state index contributed by atoms with van der Waals surface area (Å²) in [5, 5.41) is 9.08. The Bertz CT molecular complexity index is 445. The van der Waals surface area contributed by atoms with Gasteiger partial charge in [-0.15, -0.1) is 0 Å². The largest absolute Gasteiger partial charge is 0.392 e. The Morgan fingerprint density at radius 2 is 1.94 bits per heavy atom. The Morgan fingerprint density at radius 1 is 1.22 bits per heavy atom. The van der Waals surface area contributed by atoms with Gasteiger partial charge in [0.15, 0.2) is 0 Å². The second-order valence-corrected chi connectivity index (χ2v) is 5.61. The molecule has 1 fully saturated rings. The molecule has 1 aliphatic carbocycles. The van der Waals surface area contributed by atoms with E-state index < -0.39 is 0 Å². The molecule has 1 aromatic rings. The highest BCUT2D eigenvalue weighted by Gasteiger charge is 2.34. The van der Waals surface area contributed by atoms with Crippen LogP contribution in [0, 0.1) is 5.92 Å². The van der Waals surface area contributed by atoms with Gasteiger partial charge in [-0.1, -0.05) is 30.3 Å². The summed E-state index contributed by atoms with van der Waals surface area (Å²) >= 11 is 0. The van der Waals surface area contributed by atoms with Gasteiger partial charge in [0.05, 0.1) is 6.61 Å². The van der Waals surface area contributed by atoms with E-state index in [2.05, 4.69) is 30.2 Å². The molecule has 0 radical (unpaired) electrons. The summed E-state index contributed by atoms with van der Waals surface area (Å²) in [5.41, 5.74) is 3.80. The maximum atomic E-state index is 9.08. The molecule has 1 unspecified atom stereocenters. The van der Waals surface area contributed by atoms with Gasteiger partial charge in [-0.25, -0.2) is 0 Å². The molecular formula is C16H21NO. The van der Waals surface area contributed by atoms with Crippen LogP contribution in [0.4, 0.5) is 0 Å². The number of aliphatic hydroxyl groups excluding tert-OH is 1. The molecule has 2 heteroatoms. The molecule has 0 bridgehead atoms. The summed E-state index contributed by atoms with van der Waals surface area (Å²) in [4.78, 5) is 2.49. The van der Waals surface area contributed by atoms with Crippen LogP contribution in [0.3, 0.4) is 0 Å². The minimum Gasteiger partial charge on any atom is -0.392 e. The van der Waals surface area contributed by atoms with Crippen LogP contribution < -0.4 is 0 Å². The number of hydrogen-bond acceptors (Lipinski definition) is 2. The second kappa shape index (κ2) is 4.87. The maximum absolute atomic E-state index is 9.08. The van der Waals surface area contributed by atoms with E-state index in [1.165, 1.54) is 24.0 Å². The first-order chi connectivity index (χ1) is 8.78. The molecule has 1 heterocycles. The van der Waals surface area contributed by atoms with E-state index in [0.717, 1.165) is 24.4 Å². The molecule has 2 nitrogen and oxygen atoms in total.